The van der Waals surface area contributed by atoms with Crippen molar-refractivity contribution >= 4 is 23.5 Å². The second-order valence-electron chi connectivity index (χ2n) is 10.1. The maximum atomic E-state index is 14.4. The summed E-state index contributed by atoms with van der Waals surface area (Å²) in [5, 5.41) is 20.2. The van der Waals surface area contributed by atoms with Gasteiger partial charge in [-0.3, -0.25) is 14.4 Å². The normalized spacial score (nSPS) is 32.6. The summed E-state index contributed by atoms with van der Waals surface area (Å²) in [5.74, 6) is -3.87. The van der Waals surface area contributed by atoms with Gasteiger partial charge in [0.05, 0.1) is 30.1 Å². The number of fused-ring (bicyclic) bond motifs is 1. The Kier molecular flexibility index (Phi) is 6.10. The molecule has 3 heterocycles. The van der Waals surface area contributed by atoms with Crippen LogP contribution in [-0.2, 0) is 19.1 Å². The van der Waals surface area contributed by atoms with Gasteiger partial charge >= 0.3 is 5.97 Å². The molecule has 8 heteroatoms. The lowest BCUT2D eigenvalue weighted by atomic mass is 9.66. The van der Waals surface area contributed by atoms with E-state index in [4.69, 9.17) is 4.74 Å². The van der Waals surface area contributed by atoms with Crippen molar-refractivity contribution in [3.05, 3.63) is 42.0 Å². The molecule has 8 nitrogen and oxygen atoms in total. The molecule has 4 rings (SSSR count). The number of nitrogens with zero attached hydrogens (tertiary/aromatic N) is 2. The number of anilines is 1. The van der Waals surface area contributed by atoms with E-state index >= 15 is 0 Å². The molecule has 6 atom stereocenters. The van der Waals surface area contributed by atoms with Crippen molar-refractivity contribution in [3.8, 4) is 0 Å². The molecule has 3 saturated heterocycles. The van der Waals surface area contributed by atoms with Crippen LogP contribution in [0.15, 0.2) is 30.9 Å². The third kappa shape index (κ3) is 3.30. The first-order chi connectivity index (χ1) is 16.1. The topological polar surface area (TPSA) is 107 Å². The van der Waals surface area contributed by atoms with Crippen molar-refractivity contribution in [3.63, 3.8) is 0 Å². The molecular formula is C26H34N2O6. The molecule has 0 aromatic heterocycles. The predicted octanol–water partition coefficient (Wildman–Crippen LogP) is 2.44. The molecule has 1 aromatic rings. The number of aliphatic hydroxyl groups is 1. The molecule has 3 aliphatic rings. The molecule has 3 aliphatic heterocycles. The highest BCUT2D eigenvalue weighted by molar-refractivity contribution is 6.05. The van der Waals surface area contributed by atoms with Crippen LogP contribution in [0, 0.1) is 25.7 Å². The molecule has 0 saturated carbocycles. The third-order valence-corrected chi connectivity index (χ3v) is 8.02. The van der Waals surface area contributed by atoms with Crippen LogP contribution in [-0.4, -0.2) is 69.3 Å². The number of amides is 2. The average molecular weight is 471 g/mol. The highest BCUT2D eigenvalue weighted by Crippen LogP contribution is 2.63. The maximum absolute atomic E-state index is 14.4. The number of aliphatic hydroxyl groups excluding tert-OH is 1. The Bertz CT molecular complexity index is 1040. The van der Waals surface area contributed by atoms with Crippen LogP contribution in [0.4, 0.5) is 5.69 Å². The molecule has 34 heavy (non-hydrogen) atoms. The SMILES string of the molecule is C=CCN(C(=O)C1N([C@@H](CC)CO)C(=O)[C@@H]2[C@H](C(=O)O)[C@]3(C)CCC12O3)c1cc(C)ccc1C. The van der Waals surface area contributed by atoms with E-state index in [2.05, 4.69) is 6.58 Å². The van der Waals surface area contributed by atoms with Crippen LogP contribution in [0.5, 0.6) is 0 Å². The Hall–Kier alpha value is -2.71. The number of ether oxygens (including phenoxy) is 1. The average Bonchev–Trinajstić information content (AvgIpc) is 3.36. The summed E-state index contributed by atoms with van der Waals surface area (Å²) >= 11 is 0. The molecule has 2 amide bonds. The zero-order valence-electron chi connectivity index (χ0n) is 20.3. The van der Waals surface area contributed by atoms with Crippen molar-refractivity contribution in [1.29, 1.82) is 0 Å². The van der Waals surface area contributed by atoms with E-state index < -0.39 is 47.0 Å². The van der Waals surface area contributed by atoms with E-state index in [0.29, 0.717) is 24.9 Å². The summed E-state index contributed by atoms with van der Waals surface area (Å²) in [6.07, 6.45) is 2.92. The summed E-state index contributed by atoms with van der Waals surface area (Å²) < 4.78 is 6.44. The van der Waals surface area contributed by atoms with Gasteiger partial charge in [-0.15, -0.1) is 6.58 Å². The van der Waals surface area contributed by atoms with Crippen LogP contribution < -0.4 is 4.90 Å². The van der Waals surface area contributed by atoms with Gasteiger partial charge in [-0.2, -0.15) is 0 Å². The molecule has 2 N–H and O–H groups in total. The zero-order chi connectivity index (χ0) is 25.0. The Morgan fingerprint density at radius 2 is 2.06 bits per heavy atom. The minimum atomic E-state index is -1.24. The number of benzene rings is 1. The van der Waals surface area contributed by atoms with Gasteiger partial charge in [0.2, 0.25) is 5.91 Å². The number of hydrogen-bond acceptors (Lipinski definition) is 5. The van der Waals surface area contributed by atoms with Crippen molar-refractivity contribution in [2.75, 3.05) is 18.1 Å². The highest BCUT2D eigenvalue weighted by atomic mass is 16.5. The standard InChI is InChI=1S/C26H34N2O6/c1-6-12-27(18-13-15(3)8-9-16(18)4)23(31)21-26-11-10-25(5,34-26)20(24(32)33)19(26)22(30)28(21)17(7-2)14-29/h6,8-9,13,17,19-21,29H,1,7,10-12,14H2,2-5H3,(H,32,33)/t17-,19-,20+,21?,25-,26?/m0/s1. The first-order valence-electron chi connectivity index (χ1n) is 11.9. The number of aliphatic carboxylic acids is 1. The number of carboxylic acid groups (broad SMARTS) is 1. The van der Waals surface area contributed by atoms with Gasteiger partial charge in [0.25, 0.3) is 5.91 Å². The number of rotatable bonds is 8. The Balaban J connectivity index is 1.88. The van der Waals surface area contributed by atoms with E-state index in [1.165, 1.54) is 4.90 Å². The predicted molar refractivity (Wildman–Crippen MR) is 126 cm³/mol. The van der Waals surface area contributed by atoms with Gasteiger partial charge < -0.3 is 24.7 Å². The summed E-state index contributed by atoms with van der Waals surface area (Å²) in [5.41, 5.74) is 0.331. The van der Waals surface area contributed by atoms with E-state index in [0.717, 1.165) is 11.1 Å². The smallest absolute Gasteiger partial charge is 0.310 e. The maximum Gasteiger partial charge on any atom is 0.310 e. The van der Waals surface area contributed by atoms with Gasteiger partial charge in [0.1, 0.15) is 11.6 Å². The van der Waals surface area contributed by atoms with Crippen LogP contribution in [0.2, 0.25) is 0 Å². The molecule has 1 aromatic carbocycles. The molecule has 3 fully saturated rings. The molecule has 2 unspecified atom stereocenters. The van der Waals surface area contributed by atoms with Crippen molar-refractivity contribution in [1.82, 2.24) is 4.90 Å². The second-order valence-corrected chi connectivity index (χ2v) is 10.1. The Labute approximate surface area is 200 Å². The number of carboxylic acids is 1. The van der Waals surface area contributed by atoms with Crippen LogP contribution in [0.1, 0.15) is 44.2 Å². The zero-order valence-corrected chi connectivity index (χ0v) is 20.3. The lowest BCUT2D eigenvalue weighted by Gasteiger charge is -2.39. The molecule has 184 valence electrons. The quantitative estimate of drug-likeness (QED) is 0.565. The van der Waals surface area contributed by atoms with Gasteiger partial charge in [0.15, 0.2) is 0 Å². The van der Waals surface area contributed by atoms with Gasteiger partial charge in [-0.05, 0) is 57.2 Å². The molecule has 0 radical (unpaired) electrons. The fourth-order valence-electron chi connectivity index (χ4n) is 6.42. The first-order valence-corrected chi connectivity index (χ1v) is 11.9. The molecule has 0 aliphatic carbocycles. The van der Waals surface area contributed by atoms with Crippen molar-refractivity contribution in [2.24, 2.45) is 11.8 Å². The number of aryl methyl sites for hydroxylation is 2. The Morgan fingerprint density at radius 1 is 1.35 bits per heavy atom. The largest absolute Gasteiger partial charge is 0.481 e. The summed E-state index contributed by atoms with van der Waals surface area (Å²) in [6, 6.07) is 4.18. The van der Waals surface area contributed by atoms with E-state index in [9.17, 15) is 24.6 Å². The number of likely N-dealkylation sites (tertiary alicyclic amines) is 1. The van der Waals surface area contributed by atoms with Crippen LogP contribution >= 0.6 is 0 Å². The lowest BCUT2D eigenvalue weighted by molar-refractivity contribution is -0.155. The lowest BCUT2D eigenvalue weighted by Crippen LogP contribution is -2.59. The first kappa shape index (κ1) is 24.4. The summed E-state index contributed by atoms with van der Waals surface area (Å²) in [4.78, 5) is 43.5. The fourth-order valence-corrected chi connectivity index (χ4v) is 6.42. The van der Waals surface area contributed by atoms with E-state index in [-0.39, 0.29) is 19.1 Å². The molecular weight excluding hydrogens is 436 g/mol. The van der Waals surface area contributed by atoms with Crippen molar-refractivity contribution in [2.45, 2.75) is 70.2 Å². The minimum Gasteiger partial charge on any atom is -0.481 e. The summed E-state index contributed by atoms with van der Waals surface area (Å²) in [6.45, 7) is 11.1. The summed E-state index contributed by atoms with van der Waals surface area (Å²) in [7, 11) is 0. The minimum absolute atomic E-state index is 0.220. The third-order valence-electron chi connectivity index (χ3n) is 8.02. The molecule has 2 bridgehead atoms. The molecule has 1 spiro atoms. The van der Waals surface area contributed by atoms with Gasteiger partial charge in [-0.1, -0.05) is 25.1 Å². The van der Waals surface area contributed by atoms with Crippen molar-refractivity contribution < 1.29 is 29.3 Å². The van der Waals surface area contributed by atoms with Crippen LogP contribution in [0.3, 0.4) is 0 Å². The fraction of sp³-hybridized carbons (Fsp3) is 0.577. The number of hydrogen-bond donors (Lipinski definition) is 2. The monoisotopic (exact) mass is 470 g/mol. The second kappa shape index (κ2) is 8.50. The van der Waals surface area contributed by atoms with E-state index in [1.54, 1.807) is 17.9 Å². The van der Waals surface area contributed by atoms with Gasteiger partial charge in [-0.25, -0.2) is 0 Å². The highest BCUT2D eigenvalue weighted by Gasteiger charge is 2.78. The Morgan fingerprint density at radius 3 is 2.65 bits per heavy atom. The van der Waals surface area contributed by atoms with Gasteiger partial charge in [0, 0.05) is 12.2 Å². The van der Waals surface area contributed by atoms with E-state index in [1.807, 2.05) is 39.0 Å². The number of carbonyl (C=O) groups excluding carboxylic acids is 2. The number of carbonyl (C=O) groups is 3. The van der Waals surface area contributed by atoms with Crippen LogP contribution in [0.25, 0.3) is 0 Å².